The molecule has 1 atom stereocenters. The lowest BCUT2D eigenvalue weighted by Gasteiger charge is -2.41. The van der Waals surface area contributed by atoms with Crippen molar-refractivity contribution in [1.82, 2.24) is 14.5 Å². The molecule has 0 bridgehead atoms. The number of carbonyl (C=O) groups is 2. The van der Waals surface area contributed by atoms with Gasteiger partial charge >= 0.3 is 6.09 Å². The predicted octanol–water partition coefficient (Wildman–Crippen LogP) is 3.66. The van der Waals surface area contributed by atoms with Gasteiger partial charge < -0.3 is 24.5 Å². The van der Waals surface area contributed by atoms with Gasteiger partial charge in [-0.15, -0.1) is 0 Å². The van der Waals surface area contributed by atoms with E-state index in [0.717, 1.165) is 12.8 Å². The number of likely N-dealkylation sites (tertiary alicyclic amines) is 1. The van der Waals surface area contributed by atoms with Gasteiger partial charge in [0.2, 0.25) is 0 Å². The van der Waals surface area contributed by atoms with Crippen molar-refractivity contribution in [2.45, 2.75) is 65.1 Å². The van der Waals surface area contributed by atoms with Crippen molar-refractivity contribution in [2.75, 3.05) is 20.2 Å². The summed E-state index contributed by atoms with van der Waals surface area (Å²) in [6.07, 6.45) is 1.15. The molecule has 0 spiro atoms. The van der Waals surface area contributed by atoms with E-state index in [-0.39, 0.29) is 35.5 Å². The molecule has 0 radical (unpaired) electrons. The van der Waals surface area contributed by atoms with Gasteiger partial charge in [0, 0.05) is 24.5 Å². The van der Waals surface area contributed by atoms with Crippen molar-refractivity contribution in [3.8, 4) is 5.75 Å². The Morgan fingerprint density at radius 3 is 2.52 bits per heavy atom. The van der Waals surface area contributed by atoms with Crippen LogP contribution in [-0.2, 0) is 4.74 Å². The van der Waals surface area contributed by atoms with Gasteiger partial charge in [-0.1, -0.05) is 12.1 Å². The third kappa shape index (κ3) is 4.57. The number of fused-ring (bicyclic) bond motifs is 1. The first kappa shape index (κ1) is 22.8. The Balaban J connectivity index is 1.92. The maximum absolute atomic E-state index is 13.7. The Bertz CT molecular complexity index is 960. The lowest BCUT2D eigenvalue weighted by molar-refractivity contribution is 0.00677. The Hall–Kier alpha value is -2.90. The molecular weight excluding hydrogens is 398 g/mol. The first-order valence-corrected chi connectivity index (χ1v) is 10.7. The largest absolute Gasteiger partial charge is 0.505 e. The SMILES string of the molecule is COn1c(C(=O)N(C(C)C)[C@@H]2CCCN(C(=O)OC(C)(C)C)C2)c(O)c2ccccc21. The van der Waals surface area contributed by atoms with Crippen LogP contribution in [0.15, 0.2) is 24.3 Å². The van der Waals surface area contributed by atoms with Gasteiger partial charge in [0.25, 0.3) is 5.91 Å². The van der Waals surface area contributed by atoms with Crippen molar-refractivity contribution >= 4 is 22.9 Å². The maximum Gasteiger partial charge on any atom is 0.410 e. The summed E-state index contributed by atoms with van der Waals surface area (Å²) in [4.78, 5) is 35.1. The molecule has 1 N–H and O–H groups in total. The first-order chi connectivity index (χ1) is 14.5. The van der Waals surface area contributed by atoms with Crippen molar-refractivity contribution < 1.29 is 24.3 Å². The summed E-state index contributed by atoms with van der Waals surface area (Å²) in [5.74, 6) is -0.436. The van der Waals surface area contributed by atoms with E-state index in [1.54, 1.807) is 28.0 Å². The molecule has 0 saturated carbocycles. The second kappa shape index (κ2) is 8.69. The third-order valence-corrected chi connectivity index (χ3v) is 5.42. The number of aromatic nitrogens is 1. The smallest absolute Gasteiger partial charge is 0.410 e. The molecule has 3 rings (SSSR count). The second-order valence-corrected chi connectivity index (χ2v) is 9.22. The number of aromatic hydroxyl groups is 1. The van der Waals surface area contributed by atoms with Crippen LogP contribution in [0.5, 0.6) is 5.75 Å². The molecule has 0 unspecified atom stereocenters. The lowest BCUT2D eigenvalue weighted by atomic mass is 10.0. The van der Waals surface area contributed by atoms with Gasteiger partial charge in [0.15, 0.2) is 11.4 Å². The van der Waals surface area contributed by atoms with E-state index < -0.39 is 5.60 Å². The van der Waals surface area contributed by atoms with Crippen molar-refractivity contribution in [3.05, 3.63) is 30.0 Å². The topological polar surface area (TPSA) is 84.2 Å². The Morgan fingerprint density at radius 2 is 1.90 bits per heavy atom. The fourth-order valence-corrected chi connectivity index (χ4v) is 4.19. The number of rotatable bonds is 4. The zero-order valence-electron chi connectivity index (χ0n) is 19.2. The molecule has 170 valence electrons. The van der Waals surface area contributed by atoms with Crippen LogP contribution in [0.4, 0.5) is 4.79 Å². The molecule has 1 aromatic heterocycles. The fourth-order valence-electron chi connectivity index (χ4n) is 4.19. The zero-order chi connectivity index (χ0) is 22.9. The quantitative estimate of drug-likeness (QED) is 0.799. The molecule has 1 saturated heterocycles. The van der Waals surface area contributed by atoms with Crippen molar-refractivity contribution in [3.63, 3.8) is 0 Å². The van der Waals surface area contributed by atoms with Crippen LogP contribution in [0.3, 0.4) is 0 Å². The zero-order valence-corrected chi connectivity index (χ0v) is 19.2. The number of para-hydroxylation sites is 1. The molecule has 8 nitrogen and oxygen atoms in total. The number of piperidine rings is 1. The van der Waals surface area contributed by atoms with E-state index in [1.807, 2.05) is 40.7 Å². The molecule has 1 aliphatic heterocycles. The third-order valence-electron chi connectivity index (χ3n) is 5.42. The highest BCUT2D eigenvalue weighted by Gasteiger charge is 2.37. The van der Waals surface area contributed by atoms with Gasteiger partial charge in [0.1, 0.15) is 12.7 Å². The van der Waals surface area contributed by atoms with Crippen LogP contribution in [0.1, 0.15) is 57.9 Å². The fraction of sp³-hybridized carbons (Fsp3) is 0.565. The van der Waals surface area contributed by atoms with Gasteiger partial charge in [-0.25, -0.2) is 4.79 Å². The summed E-state index contributed by atoms with van der Waals surface area (Å²) in [6, 6.07) is 6.83. The Kier molecular flexibility index (Phi) is 6.38. The molecule has 2 aromatic rings. The minimum absolute atomic E-state index is 0.0896. The number of nitrogens with zero attached hydrogens (tertiary/aromatic N) is 3. The summed E-state index contributed by atoms with van der Waals surface area (Å²) in [5.41, 5.74) is 0.128. The highest BCUT2D eigenvalue weighted by Crippen LogP contribution is 2.33. The molecular formula is C23H33N3O5. The van der Waals surface area contributed by atoms with Crippen LogP contribution in [0, 0.1) is 0 Å². The van der Waals surface area contributed by atoms with E-state index in [9.17, 15) is 14.7 Å². The highest BCUT2D eigenvalue weighted by molar-refractivity contribution is 6.04. The minimum Gasteiger partial charge on any atom is -0.505 e. The predicted molar refractivity (Wildman–Crippen MR) is 118 cm³/mol. The van der Waals surface area contributed by atoms with E-state index in [0.29, 0.717) is 24.0 Å². The number of hydrogen-bond acceptors (Lipinski definition) is 5. The highest BCUT2D eigenvalue weighted by atomic mass is 16.6. The van der Waals surface area contributed by atoms with Gasteiger partial charge in [-0.2, -0.15) is 4.73 Å². The molecule has 2 heterocycles. The summed E-state index contributed by atoms with van der Waals surface area (Å²) in [7, 11) is 1.47. The second-order valence-electron chi connectivity index (χ2n) is 9.22. The maximum atomic E-state index is 13.7. The van der Waals surface area contributed by atoms with Crippen LogP contribution >= 0.6 is 0 Å². The monoisotopic (exact) mass is 431 g/mol. The Morgan fingerprint density at radius 1 is 1.23 bits per heavy atom. The minimum atomic E-state index is -0.581. The summed E-state index contributed by atoms with van der Waals surface area (Å²) in [6.45, 7) is 10.3. The number of carbonyl (C=O) groups excluding carboxylic acids is 2. The summed E-state index contributed by atoms with van der Waals surface area (Å²) >= 11 is 0. The van der Waals surface area contributed by atoms with E-state index >= 15 is 0 Å². The van der Waals surface area contributed by atoms with Gasteiger partial charge in [-0.05, 0) is 59.6 Å². The molecule has 8 heteroatoms. The van der Waals surface area contributed by atoms with Crippen molar-refractivity contribution in [2.24, 2.45) is 0 Å². The lowest BCUT2D eigenvalue weighted by Crippen LogP contribution is -2.54. The Labute approximate surface area is 183 Å². The first-order valence-electron chi connectivity index (χ1n) is 10.7. The van der Waals surface area contributed by atoms with E-state index in [2.05, 4.69) is 0 Å². The molecule has 1 aliphatic rings. The van der Waals surface area contributed by atoms with Crippen LogP contribution in [-0.4, -0.2) is 69.5 Å². The standard InChI is InChI=1S/C23H33N3O5/c1-15(2)25(16-10-9-13-24(14-16)22(29)31-23(3,4)5)21(28)19-20(27)17-11-7-8-12-18(17)26(19)30-6/h7-8,11-12,15-16,27H,9-10,13-14H2,1-6H3/t16-/m1/s1. The van der Waals surface area contributed by atoms with Gasteiger partial charge in [-0.3, -0.25) is 4.79 Å². The molecule has 1 aromatic carbocycles. The average Bonchev–Trinajstić information content (AvgIpc) is 2.99. The average molecular weight is 432 g/mol. The van der Waals surface area contributed by atoms with Crippen LogP contribution in [0.25, 0.3) is 10.9 Å². The summed E-state index contributed by atoms with van der Waals surface area (Å²) in [5, 5.41) is 11.4. The number of benzene rings is 1. The van der Waals surface area contributed by atoms with Crippen LogP contribution in [0.2, 0.25) is 0 Å². The number of hydrogen-bond donors (Lipinski definition) is 1. The number of amides is 2. The molecule has 0 aliphatic carbocycles. The van der Waals surface area contributed by atoms with E-state index in [4.69, 9.17) is 9.57 Å². The van der Waals surface area contributed by atoms with Crippen LogP contribution < -0.4 is 4.84 Å². The normalized spacial score (nSPS) is 17.1. The van der Waals surface area contributed by atoms with Crippen molar-refractivity contribution in [1.29, 1.82) is 0 Å². The van der Waals surface area contributed by atoms with Gasteiger partial charge in [0.05, 0.1) is 11.6 Å². The molecule has 1 fully saturated rings. The van der Waals surface area contributed by atoms with E-state index in [1.165, 1.54) is 11.8 Å². The summed E-state index contributed by atoms with van der Waals surface area (Å²) < 4.78 is 6.90. The number of ether oxygens (including phenoxy) is 1. The molecule has 2 amide bonds. The molecule has 31 heavy (non-hydrogen) atoms.